The van der Waals surface area contributed by atoms with Crippen LogP contribution in [0.1, 0.15) is 31.2 Å². The summed E-state index contributed by atoms with van der Waals surface area (Å²) in [6, 6.07) is 0.456. The lowest BCUT2D eigenvalue weighted by atomic mass is 9.95. The lowest BCUT2D eigenvalue weighted by Gasteiger charge is -2.36. The number of carbonyl (C=O) groups is 1. The smallest absolute Gasteiger partial charge is 0.328 e. The minimum Gasteiger partial charge on any atom is -0.339 e. The number of H-pyrrole nitrogens is 1. The van der Waals surface area contributed by atoms with Gasteiger partial charge >= 0.3 is 5.69 Å². The maximum Gasteiger partial charge on any atom is 0.328 e. The number of nitrogens with zero attached hydrogens (tertiary/aromatic N) is 3. The van der Waals surface area contributed by atoms with E-state index in [0.717, 1.165) is 25.6 Å². The Morgan fingerprint density at radius 3 is 2.72 bits per heavy atom. The number of rotatable bonds is 4. The van der Waals surface area contributed by atoms with Crippen molar-refractivity contribution in [2.24, 2.45) is 11.8 Å². The van der Waals surface area contributed by atoms with Crippen LogP contribution in [-0.2, 0) is 11.3 Å². The number of aromatic amines is 1. The van der Waals surface area contributed by atoms with Gasteiger partial charge in [-0.15, -0.1) is 0 Å². The van der Waals surface area contributed by atoms with Gasteiger partial charge < -0.3 is 4.90 Å². The van der Waals surface area contributed by atoms with Crippen molar-refractivity contribution < 1.29 is 4.79 Å². The third kappa shape index (κ3) is 3.56. The Hall–Kier alpha value is -1.89. The highest BCUT2D eigenvalue weighted by Gasteiger charge is 2.38. The van der Waals surface area contributed by atoms with Gasteiger partial charge in [-0.2, -0.15) is 0 Å². The maximum absolute atomic E-state index is 12.8. The van der Waals surface area contributed by atoms with E-state index < -0.39 is 11.2 Å². The van der Waals surface area contributed by atoms with Gasteiger partial charge in [0.25, 0.3) is 5.56 Å². The molecule has 1 aliphatic carbocycles. The normalized spacial score (nSPS) is 26.7. The molecule has 25 heavy (non-hydrogen) atoms. The highest BCUT2D eigenvalue weighted by Crippen LogP contribution is 2.34. The molecule has 3 saturated heterocycles. The Labute approximate surface area is 146 Å². The highest BCUT2D eigenvalue weighted by atomic mass is 16.2. The molecule has 5 rings (SSSR count). The molecule has 1 N–H and O–H groups in total. The third-order valence-corrected chi connectivity index (χ3v) is 5.86. The summed E-state index contributed by atoms with van der Waals surface area (Å²) in [5, 5.41) is 0. The number of nitrogens with one attached hydrogen (secondary N) is 1. The first kappa shape index (κ1) is 16.6. The summed E-state index contributed by atoms with van der Waals surface area (Å²) in [6.07, 6.45) is 6.53. The van der Waals surface area contributed by atoms with E-state index in [0.29, 0.717) is 17.5 Å². The second-order valence-electron chi connectivity index (χ2n) is 7.99. The van der Waals surface area contributed by atoms with Crippen LogP contribution >= 0.6 is 0 Å². The standard InChI is InChI=1S/C18H26N4O3/c1-12-6-22(18(25)19-17(12)24)11-16(23)21-9-14-4-5-15(10-21)20(8-14)7-13-2-3-13/h6,13-15H,2-5,7-11H2,1H3,(H,19,24,25)/t14-,15-/m1/s1. The quantitative estimate of drug-likeness (QED) is 0.843. The van der Waals surface area contributed by atoms with Gasteiger partial charge in [0.05, 0.1) is 0 Å². The first-order valence-corrected chi connectivity index (χ1v) is 9.32. The fourth-order valence-electron chi connectivity index (χ4n) is 4.22. The lowest BCUT2D eigenvalue weighted by molar-refractivity contribution is -0.132. The van der Waals surface area contributed by atoms with Crippen molar-refractivity contribution in [3.05, 3.63) is 32.6 Å². The first-order valence-electron chi connectivity index (χ1n) is 9.32. The fourth-order valence-corrected chi connectivity index (χ4v) is 4.22. The number of piperidine rings is 1. The monoisotopic (exact) mass is 346 g/mol. The van der Waals surface area contributed by atoms with Crippen LogP contribution in [0, 0.1) is 18.8 Å². The van der Waals surface area contributed by atoms with Crippen molar-refractivity contribution in [1.82, 2.24) is 19.4 Å². The van der Waals surface area contributed by atoms with E-state index in [-0.39, 0.29) is 12.5 Å². The van der Waals surface area contributed by atoms with Crippen LogP contribution in [-0.4, -0.2) is 57.5 Å². The molecule has 136 valence electrons. The van der Waals surface area contributed by atoms with Crippen molar-refractivity contribution in [1.29, 1.82) is 0 Å². The topological polar surface area (TPSA) is 78.4 Å². The summed E-state index contributed by atoms with van der Waals surface area (Å²) in [7, 11) is 0. The number of hydrogen-bond acceptors (Lipinski definition) is 4. The number of amides is 1. The van der Waals surface area contributed by atoms with E-state index in [1.165, 1.54) is 43.0 Å². The highest BCUT2D eigenvalue weighted by molar-refractivity contribution is 5.76. The molecular formula is C18H26N4O3. The molecule has 0 radical (unpaired) electrons. The van der Waals surface area contributed by atoms with E-state index in [1.807, 2.05) is 4.90 Å². The summed E-state index contributed by atoms with van der Waals surface area (Å²) in [5.74, 6) is 1.38. The molecule has 0 unspecified atom stereocenters. The molecule has 0 aromatic carbocycles. The van der Waals surface area contributed by atoms with Gasteiger partial charge in [-0.1, -0.05) is 0 Å². The summed E-state index contributed by atoms with van der Waals surface area (Å²) < 4.78 is 1.31. The predicted molar refractivity (Wildman–Crippen MR) is 93.4 cm³/mol. The van der Waals surface area contributed by atoms with Crippen LogP contribution in [0.4, 0.5) is 0 Å². The van der Waals surface area contributed by atoms with E-state index in [1.54, 1.807) is 6.92 Å². The molecule has 1 aromatic rings. The molecule has 1 amide bonds. The molecular weight excluding hydrogens is 320 g/mol. The van der Waals surface area contributed by atoms with Gasteiger partial charge in [0.15, 0.2) is 0 Å². The van der Waals surface area contributed by atoms with Crippen molar-refractivity contribution in [3.8, 4) is 0 Å². The minimum absolute atomic E-state index is 0.00147. The number of aromatic nitrogens is 2. The number of aryl methyl sites for hydroxylation is 1. The molecule has 7 heteroatoms. The maximum atomic E-state index is 12.8. The molecule has 2 bridgehead atoms. The van der Waals surface area contributed by atoms with E-state index in [2.05, 4.69) is 9.88 Å². The van der Waals surface area contributed by atoms with Crippen molar-refractivity contribution in [2.75, 3.05) is 26.2 Å². The van der Waals surface area contributed by atoms with Gasteiger partial charge in [0.2, 0.25) is 5.91 Å². The van der Waals surface area contributed by atoms with Crippen LogP contribution in [0.25, 0.3) is 0 Å². The molecule has 3 aliphatic heterocycles. The Morgan fingerprint density at radius 2 is 1.96 bits per heavy atom. The van der Waals surface area contributed by atoms with Crippen molar-refractivity contribution in [2.45, 2.75) is 45.2 Å². The summed E-state index contributed by atoms with van der Waals surface area (Å²) in [6.45, 7) is 5.47. The fraction of sp³-hybridized carbons (Fsp3) is 0.722. The van der Waals surface area contributed by atoms with E-state index in [9.17, 15) is 14.4 Å². The summed E-state index contributed by atoms with van der Waals surface area (Å²) in [5.41, 5.74) is -0.465. The average molecular weight is 346 g/mol. The van der Waals surface area contributed by atoms with Crippen molar-refractivity contribution in [3.63, 3.8) is 0 Å². The molecule has 4 fully saturated rings. The molecule has 2 atom stereocenters. The van der Waals surface area contributed by atoms with Gasteiger partial charge in [-0.25, -0.2) is 4.79 Å². The lowest BCUT2D eigenvalue weighted by Crippen LogP contribution is -2.46. The number of hydrogen-bond donors (Lipinski definition) is 1. The Bertz CT molecular complexity index is 779. The molecule has 4 heterocycles. The van der Waals surface area contributed by atoms with Crippen LogP contribution in [0.3, 0.4) is 0 Å². The van der Waals surface area contributed by atoms with Crippen molar-refractivity contribution >= 4 is 5.91 Å². The summed E-state index contributed by atoms with van der Waals surface area (Å²) >= 11 is 0. The van der Waals surface area contributed by atoms with Crippen LogP contribution in [0.15, 0.2) is 15.8 Å². The number of carbonyl (C=O) groups excluding carboxylic acids is 1. The van der Waals surface area contributed by atoms with E-state index >= 15 is 0 Å². The average Bonchev–Trinajstić information content (AvgIpc) is 3.40. The van der Waals surface area contributed by atoms with Gasteiger partial charge in [0, 0.05) is 44.0 Å². The molecule has 1 saturated carbocycles. The largest absolute Gasteiger partial charge is 0.339 e. The van der Waals surface area contributed by atoms with Crippen LogP contribution in [0.5, 0.6) is 0 Å². The number of fused-ring (bicyclic) bond motifs is 4. The second kappa shape index (κ2) is 6.44. The summed E-state index contributed by atoms with van der Waals surface area (Å²) in [4.78, 5) is 43.0. The predicted octanol–water partition coefficient (Wildman–Crippen LogP) is 0.178. The Kier molecular flexibility index (Phi) is 4.27. The van der Waals surface area contributed by atoms with Gasteiger partial charge in [-0.3, -0.25) is 24.0 Å². The molecule has 7 nitrogen and oxygen atoms in total. The minimum atomic E-state index is -0.517. The Morgan fingerprint density at radius 1 is 1.16 bits per heavy atom. The zero-order valence-corrected chi connectivity index (χ0v) is 14.7. The molecule has 1 aromatic heterocycles. The van der Waals surface area contributed by atoms with Crippen LogP contribution < -0.4 is 11.2 Å². The third-order valence-electron chi connectivity index (χ3n) is 5.86. The first-order chi connectivity index (χ1) is 12.0. The zero-order valence-electron chi connectivity index (χ0n) is 14.7. The zero-order chi connectivity index (χ0) is 17.6. The molecule has 4 aliphatic rings. The van der Waals surface area contributed by atoms with E-state index in [4.69, 9.17) is 0 Å². The van der Waals surface area contributed by atoms with Crippen LogP contribution in [0.2, 0.25) is 0 Å². The van der Waals surface area contributed by atoms with Gasteiger partial charge in [0.1, 0.15) is 6.54 Å². The SMILES string of the molecule is Cc1cn(CC(=O)N2C[C@@H]3CC[C@H](C2)N(CC2CC2)C3)c(=O)[nH]c1=O. The Balaban J connectivity index is 1.46. The van der Waals surface area contributed by atoms with Gasteiger partial charge in [-0.05, 0) is 44.4 Å². The molecule has 0 spiro atoms. The second-order valence-corrected chi connectivity index (χ2v) is 7.99.